The molecule has 0 bridgehead atoms. The average Bonchev–Trinajstić information content (AvgIpc) is 2.17. The lowest BCUT2D eigenvalue weighted by Gasteiger charge is -2.26. The van der Waals surface area contributed by atoms with Crippen LogP contribution >= 0.6 is 0 Å². The molecule has 0 saturated carbocycles. The Morgan fingerprint density at radius 3 is 2.25 bits per heavy atom. The van der Waals surface area contributed by atoms with Gasteiger partial charge in [0.1, 0.15) is 0 Å². The first kappa shape index (κ1) is 15.9. The van der Waals surface area contributed by atoms with Crippen molar-refractivity contribution >= 4 is 8.07 Å². The summed E-state index contributed by atoms with van der Waals surface area (Å²) >= 11 is 0. The van der Waals surface area contributed by atoms with Crippen molar-refractivity contribution in [1.29, 1.82) is 0 Å². The Kier molecular flexibility index (Phi) is 7.25. The Balaban J connectivity index is 3.96. The third-order valence-electron chi connectivity index (χ3n) is 3.45. The van der Waals surface area contributed by atoms with E-state index in [-0.39, 0.29) is 5.73 Å². The van der Waals surface area contributed by atoms with Gasteiger partial charge in [-0.2, -0.15) is 0 Å². The van der Waals surface area contributed by atoms with Gasteiger partial charge in [0.2, 0.25) is 0 Å². The number of aliphatic hydroxyl groups excluding tert-OH is 1. The van der Waals surface area contributed by atoms with E-state index in [1.807, 2.05) is 0 Å². The van der Waals surface area contributed by atoms with Gasteiger partial charge in [-0.3, -0.25) is 0 Å². The summed E-state index contributed by atoms with van der Waals surface area (Å²) in [5.74, 6) is 0.642. The zero-order valence-electron chi connectivity index (χ0n) is 12.0. The summed E-state index contributed by atoms with van der Waals surface area (Å²) in [5.41, 5.74) is 1.51. The number of hydrogen-bond acceptors (Lipinski definition) is 1. The molecule has 0 aromatic rings. The van der Waals surface area contributed by atoms with Crippen molar-refractivity contribution in [1.82, 2.24) is 0 Å². The van der Waals surface area contributed by atoms with Crippen LogP contribution in [0.1, 0.15) is 46.5 Å². The minimum atomic E-state index is -1.36. The smallest absolute Gasteiger partial charge is 0.0781 e. The Bertz CT molecular complexity index is 215. The van der Waals surface area contributed by atoms with E-state index in [0.717, 1.165) is 6.42 Å². The standard InChI is InChI=1S/C14H30OSi/c1-7-13(8-2)10-9-12(3)11-14(15)16(4,5)6/h7,12,14-15H,8-11H2,1-6H3/b13-7+. The van der Waals surface area contributed by atoms with Crippen LogP contribution in [-0.4, -0.2) is 18.9 Å². The number of aliphatic hydroxyl groups is 1. The first-order chi connectivity index (χ1) is 7.31. The van der Waals surface area contributed by atoms with E-state index in [2.05, 4.69) is 46.5 Å². The second-order valence-electron chi connectivity index (χ2n) is 6.06. The van der Waals surface area contributed by atoms with Crippen molar-refractivity contribution in [2.45, 2.75) is 71.8 Å². The van der Waals surface area contributed by atoms with Gasteiger partial charge < -0.3 is 5.11 Å². The minimum absolute atomic E-state index is 0.0433. The van der Waals surface area contributed by atoms with Gasteiger partial charge in [-0.15, -0.1) is 0 Å². The van der Waals surface area contributed by atoms with Gasteiger partial charge in [-0.05, 0) is 38.5 Å². The highest BCUT2D eigenvalue weighted by atomic mass is 28.3. The molecule has 1 nitrogen and oxygen atoms in total. The lowest BCUT2D eigenvalue weighted by molar-refractivity contribution is 0.207. The topological polar surface area (TPSA) is 20.2 Å². The van der Waals surface area contributed by atoms with E-state index in [1.54, 1.807) is 5.57 Å². The van der Waals surface area contributed by atoms with Crippen LogP contribution in [0, 0.1) is 5.92 Å². The molecule has 0 aliphatic rings. The second kappa shape index (κ2) is 7.28. The highest BCUT2D eigenvalue weighted by Crippen LogP contribution is 2.22. The Hall–Kier alpha value is -0.0831. The van der Waals surface area contributed by atoms with Gasteiger partial charge in [0.25, 0.3) is 0 Å². The lowest BCUT2D eigenvalue weighted by atomic mass is 9.97. The summed E-state index contributed by atoms with van der Waals surface area (Å²) in [5, 5.41) is 10.1. The zero-order valence-corrected chi connectivity index (χ0v) is 13.0. The quantitative estimate of drug-likeness (QED) is 0.518. The van der Waals surface area contributed by atoms with Crippen LogP contribution in [0.2, 0.25) is 19.6 Å². The molecule has 0 aromatic carbocycles. The highest BCUT2D eigenvalue weighted by molar-refractivity contribution is 6.77. The average molecular weight is 242 g/mol. The van der Waals surface area contributed by atoms with E-state index in [1.165, 1.54) is 19.3 Å². The van der Waals surface area contributed by atoms with Crippen LogP contribution in [0.25, 0.3) is 0 Å². The molecule has 2 unspecified atom stereocenters. The third-order valence-corrected chi connectivity index (χ3v) is 5.68. The van der Waals surface area contributed by atoms with E-state index in [4.69, 9.17) is 0 Å². The van der Waals surface area contributed by atoms with E-state index < -0.39 is 8.07 Å². The Labute approximate surface area is 103 Å². The van der Waals surface area contributed by atoms with Crippen molar-refractivity contribution in [3.63, 3.8) is 0 Å². The monoisotopic (exact) mass is 242 g/mol. The highest BCUT2D eigenvalue weighted by Gasteiger charge is 2.25. The fourth-order valence-corrected chi connectivity index (χ4v) is 2.92. The second-order valence-corrected chi connectivity index (χ2v) is 11.5. The summed E-state index contributed by atoms with van der Waals surface area (Å²) in [7, 11) is -1.36. The minimum Gasteiger partial charge on any atom is -0.397 e. The van der Waals surface area contributed by atoms with Crippen molar-refractivity contribution in [2.75, 3.05) is 0 Å². The molecule has 1 N–H and O–H groups in total. The maximum absolute atomic E-state index is 10.1. The number of rotatable bonds is 7. The van der Waals surface area contributed by atoms with E-state index >= 15 is 0 Å². The summed E-state index contributed by atoms with van der Waals surface area (Å²) in [4.78, 5) is 0. The van der Waals surface area contributed by atoms with Crippen LogP contribution in [0.15, 0.2) is 11.6 Å². The van der Waals surface area contributed by atoms with E-state index in [0.29, 0.717) is 5.92 Å². The van der Waals surface area contributed by atoms with Crippen molar-refractivity contribution in [2.24, 2.45) is 5.92 Å². The molecule has 0 saturated heterocycles. The van der Waals surface area contributed by atoms with Crippen LogP contribution in [-0.2, 0) is 0 Å². The van der Waals surface area contributed by atoms with Gasteiger partial charge in [-0.25, -0.2) is 0 Å². The molecule has 0 amide bonds. The third kappa shape index (κ3) is 6.49. The van der Waals surface area contributed by atoms with Crippen LogP contribution < -0.4 is 0 Å². The van der Waals surface area contributed by atoms with Gasteiger partial charge in [0.15, 0.2) is 0 Å². The van der Waals surface area contributed by atoms with Crippen LogP contribution in [0.3, 0.4) is 0 Å². The van der Waals surface area contributed by atoms with Gasteiger partial charge in [-0.1, -0.05) is 45.1 Å². The maximum atomic E-state index is 10.1. The summed E-state index contributed by atoms with van der Waals surface area (Å²) in [6, 6.07) is 0. The maximum Gasteiger partial charge on any atom is 0.0781 e. The predicted molar refractivity (Wildman–Crippen MR) is 76.4 cm³/mol. The van der Waals surface area contributed by atoms with Crippen LogP contribution in [0.5, 0.6) is 0 Å². The van der Waals surface area contributed by atoms with Gasteiger partial charge >= 0.3 is 0 Å². The molecule has 0 heterocycles. The fraction of sp³-hybridized carbons (Fsp3) is 0.857. The predicted octanol–water partition coefficient (Wildman–Crippen LogP) is 4.39. The van der Waals surface area contributed by atoms with E-state index in [9.17, 15) is 5.11 Å². The van der Waals surface area contributed by atoms with Crippen molar-refractivity contribution in [3.05, 3.63) is 11.6 Å². The molecule has 0 aromatic heterocycles. The van der Waals surface area contributed by atoms with Crippen molar-refractivity contribution < 1.29 is 5.11 Å². The molecule has 0 aliphatic heterocycles. The largest absolute Gasteiger partial charge is 0.397 e. The summed E-state index contributed by atoms with van der Waals surface area (Å²) in [6.45, 7) is 13.3. The Morgan fingerprint density at radius 2 is 1.88 bits per heavy atom. The molecule has 16 heavy (non-hydrogen) atoms. The zero-order chi connectivity index (χ0) is 12.8. The molecule has 96 valence electrons. The molecular formula is C14H30OSi. The Morgan fingerprint density at radius 1 is 1.31 bits per heavy atom. The summed E-state index contributed by atoms with van der Waals surface area (Å²) < 4.78 is 0. The van der Waals surface area contributed by atoms with Crippen LogP contribution in [0.4, 0.5) is 0 Å². The normalized spacial score (nSPS) is 17.3. The first-order valence-electron chi connectivity index (χ1n) is 6.63. The number of allylic oxidation sites excluding steroid dienone is 2. The van der Waals surface area contributed by atoms with Gasteiger partial charge in [0.05, 0.1) is 8.07 Å². The molecule has 2 atom stereocenters. The molecule has 0 rings (SSSR count). The lowest BCUT2D eigenvalue weighted by Crippen LogP contribution is -2.39. The molecule has 2 heteroatoms. The SMILES string of the molecule is C/C=C(\CC)CCC(C)CC(O)[Si](C)(C)C. The molecule has 0 radical (unpaired) electrons. The van der Waals surface area contributed by atoms with Crippen molar-refractivity contribution in [3.8, 4) is 0 Å². The number of hydrogen-bond donors (Lipinski definition) is 1. The molecule has 0 fully saturated rings. The summed E-state index contributed by atoms with van der Waals surface area (Å²) in [6.07, 6.45) is 6.81. The first-order valence-corrected chi connectivity index (χ1v) is 10.2. The molecule has 0 aliphatic carbocycles. The molecular weight excluding hydrogens is 212 g/mol. The van der Waals surface area contributed by atoms with Gasteiger partial charge in [0, 0.05) is 5.73 Å². The molecule has 0 spiro atoms. The fourth-order valence-electron chi connectivity index (χ4n) is 1.81.